The fourth-order valence-electron chi connectivity index (χ4n) is 4.95. The number of piperidine rings is 1. The van der Waals surface area contributed by atoms with Gasteiger partial charge < -0.3 is 15.4 Å². The molecule has 0 spiro atoms. The van der Waals surface area contributed by atoms with E-state index < -0.39 is 0 Å². The number of piperazine rings is 1. The molecule has 3 fully saturated rings. The zero-order valence-corrected chi connectivity index (χ0v) is 16.7. The SMILES string of the molecule is CNCN1CCN(CC2CCC(OC3CCNCC3)CC2)C(C)(C)C1. The van der Waals surface area contributed by atoms with E-state index in [4.69, 9.17) is 4.74 Å². The molecule has 0 atom stereocenters. The largest absolute Gasteiger partial charge is 0.375 e. The fourth-order valence-corrected chi connectivity index (χ4v) is 4.95. The summed E-state index contributed by atoms with van der Waals surface area (Å²) in [5.41, 5.74) is 0.289. The van der Waals surface area contributed by atoms with E-state index in [1.165, 1.54) is 64.7 Å². The number of rotatable bonds is 6. The highest BCUT2D eigenvalue weighted by Crippen LogP contribution is 2.31. The number of nitrogens with zero attached hydrogens (tertiary/aromatic N) is 2. The van der Waals surface area contributed by atoms with Gasteiger partial charge in [0, 0.05) is 38.4 Å². The molecular weight excluding hydrogens is 312 g/mol. The average Bonchev–Trinajstić information content (AvgIpc) is 2.60. The van der Waals surface area contributed by atoms with Crippen LogP contribution in [-0.4, -0.2) is 80.5 Å². The van der Waals surface area contributed by atoms with E-state index in [1.807, 2.05) is 7.05 Å². The van der Waals surface area contributed by atoms with E-state index in [1.54, 1.807) is 0 Å². The minimum Gasteiger partial charge on any atom is -0.375 e. The molecule has 2 saturated heterocycles. The summed E-state index contributed by atoms with van der Waals surface area (Å²) < 4.78 is 6.39. The van der Waals surface area contributed by atoms with Crippen LogP contribution in [0.5, 0.6) is 0 Å². The molecule has 1 saturated carbocycles. The Morgan fingerprint density at radius 3 is 2.32 bits per heavy atom. The van der Waals surface area contributed by atoms with Gasteiger partial charge in [-0.25, -0.2) is 0 Å². The average molecular weight is 353 g/mol. The molecule has 0 radical (unpaired) electrons. The van der Waals surface area contributed by atoms with E-state index >= 15 is 0 Å². The zero-order valence-electron chi connectivity index (χ0n) is 16.7. The van der Waals surface area contributed by atoms with Crippen molar-refractivity contribution in [2.24, 2.45) is 5.92 Å². The topological polar surface area (TPSA) is 39.8 Å². The molecular formula is C20H40N4O. The maximum Gasteiger partial charge on any atom is 0.0603 e. The molecule has 0 unspecified atom stereocenters. The molecule has 5 nitrogen and oxygen atoms in total. The van der Waals surface area contributed by atoms with Crippen LogP contribution in [0.15, 0.2) is 0 Å². The van der Waals surface area contributed by atoms with Gasteiger partial charge >= 0.3 is 0 Å². The first-order valence-corrected chi connectivity index (χ1v) is 10.5. The van der Waals surface area contributed by atoms with Crippen LogP contribution in [0.2, 0.25) is 0 Å². The minimum absolute atomic E-state index is 0.289. The first-order valence-electron chi connectivity index (χ1n) is 10.5. The Morgan fingerprint density at radius 2 is 1.68 bits per heavy atom. The fraction of sp³-hybridized carbons (Fsp3) is 1.00. The first-order chi connectivity index (χ1) is 12.1. The van der Waals surface area contributed by atoms with Gasteiger partial charge in [-0.2, -0.15) is 0 Å². The van der Waals surface area contributed by atoms with Gasteiger partial charge in [0.05, 0.1) is 12.2 Å². The maximum atomic E-state index is 6.39. The third kappa shape index (κ3) is 5.64. The summed E-state index contributed by atoms with van der Waals surface area (Å²) in [5, 5.41) is 6.73. The van der Waals surface area contributed by atoms with E-state index in [0.717, 1.165) is 25.7 Å². The van der Waals surface area contributed by atoms with Crippen molar-refractivity contribution in [1.29, 1.82) is 0 Å². The molecule has 0 aromatic carbocycles. The Labute approximate surface area is 154 Å². The van der Waals surface area contributed by atoms with Crippen LogP contribution in [0.3, 0.4) is 0 Å². The van der Waals surface area contributed by atoms with E-state index in [2.05, 4.69) is 34.3 Å². The third-order valence-electron chi connectivity index (χ3n) is 6.48. The molecule has 0 bridgehead atoms. The standard InChI is InChI=1S/C20H40N4O/c1-20(2)15-23(16-21-3)12-13-24(20)14-17-4-6-18(7-5-17)25-19-8-10-22-11-9-19/h17-19,21-22H,4-16H2,1-3H3. The molecule has 5 heteroatoms. The summed E-state index contributed by atoms with van der Waals surface area (Å²) in [5.74, 6) is 0.864. The molecule has 146 valence electrons. The number of hydrogen-bond donors (Lipinski definition) is 2. The lowest BCUT2D eigenvalue weighted by molar-refractivity contribution is -0.0548. The van der Waals surface area contributed by atoms with Gasteiger partial charge in [-0.05, 0) is 78.4 Å². The van der Waals surface area contributed by atoms with Crippen molar-refractivity contribution < 1.29 is 4.74 Å². The summed E-state index contributed by atoms with van der Waals surface area (Å²) >= 11 is 0. The Morgan fingerprint density at radius 1 is 1.00 bits per heavy atom. The number of hydrogen-bond acceptors (Lipinski definition) is 5. The molecule has 3 rings (SSSR count). The van der Waals surface area contributed by atoms with Gasteiger partial charge in [0.15, 0.2) is 0 Å². The van der Waals surface area contributed by atoms with Gasteiger partial charge in [0.2, 0.25) is 0 Å². The van der Waals surface area contributed by atoms with E-state index in [-0.39, 0.29) is 5.54 Å². The van der Waals surface area contributed by atoms with Crippen molar-refractivity contribution in [1.82, 2.24) is 20.4 Å². The molecule has 2 aliphatic heterocycles. The molecule has 1 aliphatic carbocycles. The normalized spacial score (nSPS) is 32.8. The second-order valence-corrected chi connectivity index (χ2v) is 9.05. The molecule has 3 aliphatic rings. The lowest BCUT2D eigenvalue weighted by Gasteiger charge is -2.49. The van der Waals surface area contributed by atoms with Crippen molar-refractivity contribution in [3.63, 3.8) is 0 Å². The number of ether oxygens (including phenoxy) is 1. The van der Waals surface area contributed by atoms with Crippen LogP contribution < -0.4 is 10.6 Å². The van der Waals surface area contributed by atoms with Gasteiger partial charge in [0.25, 0.3) is 0 Å². The van der Waals surface area contributed by atoms with Crippen molar-refractivity contribution in [3.05, 3.63) is 0 Å². The lowest BCUT2D eigenvalue weighted by Crippen LogP contribution is -2.61. The zero-order chi connectivity index (χ0) is 17.7. The Bertz CT molecular complexity index is 389. The lowest BCUT2D eigenvalue weighted by atomic mass is 9.85. The van der Waals surface area contributed by atoms with Gasteiger partial charge in [-0.15, -0.1) is 0 Å². The molecule has 0 aromatic heterocycles. The highest BCUT2D eigenvalue weighted by Gasteiger charge is 2.35. The Kier molecular flexibility index (Phi) is 7.15. The molecule has 25 heavy (non-hydrogen) atoms. The summed E-state index contributed by atoms with van der Waals surface area (Å²) in [6.07, 6.45) is 8.69. The first kappa shape index (κ1) is 19.6. The summed E-state index contributed by atoms with van der Waals surface area (Å²) in [7, 11) is 2.05. The third-order valence-corrected chi connectivity index (χ3v) is 6.48. The van der Waals surface area contributed by atoms with E-state index in [9.17, 15) is 0 Å². The number of nitrogens with one attached hydrogen (secondary N) is 2. The van der Waals surface area contributed by atoms with Gasteiger partial charge in [-0.1, -0.05) is 0 Å². The second-order valence-electron chi connectivity index (χ2n) is 9.05. The van der Waals surface area contributed by atoms with Crippen LogP contribution >= 0.6 is 0 Å². The Balaban J connectivity index is 1.39. The minimum atomic E-state index is 0.289. The quantitative estimate of drug-likeness (QED) is 0.764. The monoisotopic (exact) mass is 352 g/mol. The van der Waals surface area contributed by atoms with Crippen molar-refractivity contribution >= 4 is 0 Å². The van der Waals surface area contributed by atoms with E-state index in [0.29, 0.717) is 12.2 Å². The molecule has 0 amide bonds. The molecule has 0 aromatic rings. The van der Waals surface area contributed by atoms with Crippen LogP contribution in [0.25, 0.3) is 0 Å². The summed E-state index contributed by atoms with van der Waals surface area (Å²) in [4.78, 5) is 5.29. The maximum absolute atomic E-state index is 6.39. The highest BCUT2D eigenvalue weighted by molar-refractivity contribution is 4.91. The molecule has 2 N–H and O–H groups in total. The van der Waals surface area contributed by atoms with Gasteiger partial charge in [0.1, 0.15) is 0 Å². The van der Waals surface area contributed by atoms with Crippen LogP contribution in [0.1, 0.15) is 52.4 Å². The van der Waals surface area contributed by atoms with Crippen LogP contribution in [-0.2, 0) is 4.74 Å². The van der Waals surface area contributed by atoms with Gasteiger partial charge in [-0.3, -0.25) is 9.80 Å². The van der Waals surface area contributed by atoms with Crippen molar-refractivity contribution in [3.8, 4) is 0 Å². The summed E-state index contributed by atoms with van der Waals surface area (Å²) in [6.45, 7) is 13.0. The van der Waals surface area contributed by atoms with Crippen molar-refractivity contribution in [2.75, 3.05) is 53.0 Å². The van der Waals surface area contributed by atoms with Crippen molar-refractivity contribution in [2.45, 2.75) is 70.1 Å². The second kappa shape index (κ2) is 9.14. The predicted molar refractivity (Wildman–Crippen MR) is 104 cm³/mol. The van der Waals surface area contributed by atoms with Crippen LogP contribution in [0.4, 0.5) is 0 Å². The summed E-state index contributed by atoms with van der Waals surface area (Å²) in [6, 6.07) is 0. The molecule has 2 heterocycles. The Hall–Kier alpha value is -0.200. The predicted octanol–water partition coefficient (Wildman–Crippen LogP) is 1.89. The smallest absolute Gasteiger partial charge is 0.0603 e. The highest BCUT2D eigenvalue weighted by atomic mass is 16.5. The van der Waals surface area contributed by atoms with Crippen LogP contribution in [0, 0.1) is 5.92 Å².